The van der Waals surface area contributed by atoms with E-state index >= 15 is 0 Å². The van der Waals surface area contributed by atoms with Crippen molar-refractivity contribution >= 4 is 19.9 Å². The Bertz CT molecular complexity index is 439. The summed E-state index contributed by atoms with van der Waals surface area (Å²) in [5.74, 6) is 2.06. The van der Waals surface area contributed by atoms with E-state index < -0.39 is 0 Å². The fourth-order valence-corrected chi connectivity index (χ4v) is 2.20. The van der Waals surface area contributed by atoms with Gasteiger partial charge in [-0.2, -0.15) is 0 Å². The van der Waals surface area contributed by atoms with Crippen LogP contribution in [0.1, 0.15) is 52.6 Å². The zero-order valence-electron chi connectivity index (χ0n) is 13.2. The molecule has 0 N–H and O–H groups in total. The van der Waals surface area contributed by atoms with Gasteiger partial charge in [-0.1, -0.05) is 0 Å². The molecule has 3 heteroatoms. The van der Waals surface area contributed by atoms with Gasteiger partial charge in [0.25, 0.3) is 0 Å². The molecule has 0 aliphatic carbocycles. The van der Waals surface area contributed by atoms with Crippen LogP contribution in [0.4, 0.5) is 0 Å². The normalized spacial score (nSPS) is 12.1. The molecule has 0 fully saturated rings. The van der Waals surface area contributed by atoms with Crippen molar-refractivity contribution in [2.75, 3.05) is 0 Å². The summed E-state index contributed by atoms with van der Waals surface area (Å²) in [6, 6.07) is 4.10. The van der Waals surface area contributed by atoms with Gasteiger partial charge in [0.2, 0.25) is 0 Å². The second-order valence-corrected chi connectivity index (χ2v) is 7.66. The molecule has 0 saturated carbocycles. The first kappa shape index (κ1) is 16.2. The van der Waals surface area contributed by atoms with Crippen molar-refractivity contribution in [3.8, 4) is 0 Å². The standard InChI is InChI=1S/C16H25B2O/c1-15(2,3)11-13-12(8-7-9-17-13)10-14(19)18-16(4,5)6/h7-9H,10-11H2,1-6H3. The van der Waals surface area contributed by atoms with Crippen molar-refractivity contribution in [1.29, 1.82) is 0 Å². The van der Waals surface area contributed by atoms with Gasteiger partial charge >= 0.3 is 119 Å². The van der Waals surface area contributed by atoms with Crippen LogP contribution < -0.4 is 0 Å². The maximum absolute atomic E-state index is 12.1. The van der Waals surface area contributed by atoms with E-state index in [4.69, 9.17) is 0 Å². The van der Waals surface area contributed by atoms with Crippen LogP contribution in [0.3, 0.4) is 0 Å². The molecule has 1 aromatic rings. The molecule has 0 spiro atoms. The Morgan fingerprint density at radius 2 is 1.84 bits per heavy atom. The van der Waals surface area contributed by atoms with Crippen LogP contribution in [-0.4, -0.2) is 19.9 Å². The average Bonchev–Trinajstić information content (AvgIpc) is 2.15. The first-order chi connectivity index (χ1) is 8.57. The quantitative estimate of drug-likeness (QED) is 0.751. The molecular formula is C16H25B2O. The minimum atomic E-state index is -0.0456. The van der Waals surface area contributed by atoms with E-state index in [2.05, 4.69) is 60.5 Å². The summed E-state index contributed by atoms with van der Waals surface area (Å²) in [6.45, 7) is 15.0. The summed E-state index contributed by atoms with van der Waals surface area (Å²) in [5.41, 5.74) is 2.93. The molecule has 0 atom stereocenters. The van der Waals surface area contributed by atoms with Crippen molar-refractivity contribution in [3.63, 3.8) is 0 Å². The Kier molecular flexibility index (Phi) is 5.18. The third kappa shape index (κ3) is 6.75. The number of hydrogen-bond acceptors (Lipinski definition) is 1. The molecule has 1 nitrogen and oxygen atoms in total. The molecular weight excluding hydrogens is 230 g/mol. The molecule has 0 aliphatic rings. The summed E-state index contributed by atoms with van der Waals surface area (Å²) in [4.78, 5) is 12.1. The van der Waals surface area contributed by atoms with Crippen molar-refractivity contribution in [1.82, 2.24) is 0 Å². The summed E-state index contributed by atoms with van der Waals surface area (Å²) in [5, 5.41) is -0.0456. The van der Waals surface area contributed by atoms with Gasteiger partial charge < -0.3 is 0 Å². The van der Waals surface area contributed by atoms with Crippen LogP contribution in [0.5, 0.6) is 0 Å². The van der Waals surface area contributed by atoms with Gasteiger partial charge in [-0.15, -0.1) is 0 Å². The van der Waals surface area contributed by atoms with Gasteiger partial charge in [-0.3, -0.25) is 0 Å². The third-order valence-corrected chi connectivity index (χ3v) is 2.80. The first-order valence-corrected chi connectivity index (χ1v) is 7.02. The summed E-state index contributed by atoms with van der Waals surface area (Å²) in [7, 11) is 1.83. The maximum atomic E-state index is 12.1. The molecule has 0 saturated heterocycles. The molecule has 0 aromatic carbocycles. The van der Waals surface area contributed by atoms with E-state index in [9.17, 15) is 4.79 Å². The van der Waals surface area contributed by atoms with E-state index in [1.807, 2.05) is 13.3 Å². The average molecular weight is 255 g/mol. The van der Waals surface area contributed by atoms with E-state index in [1.165, 1.54) is 11.0 Å². The van der Waals surface area contributed by atoms with Crippen molar-refractivity contribution in [2.45, 2.75) is 59.7 Å². The Morgan fingerprint density at radius 1 is 1.21 bits per heavy atom. The molecule has 0 amide bonds. The minimum absolute atomic E-state index is 0.0456. The van der Waals surface area contributed by atoms with Crippen molar-refractivity contribution < 1.29 is 4.79 Å². The van der Waals surface area contributed by atoms with Gasteiger partial charge in [0.05, 0.1) is 0 Å². The first-order valence-electron chi connectivity index (χ1n) is 7.02. The van der Waals surface area contributed by atoms with E-state index in [1.54, 1.807) is 0 Å². The number of rotatable bonds is 4. The number of hydrogen-bond donors (Lipinski definition) is 0. The Morgan fingerprint density at radius 3 is 2.37 bits per heavy atom. The molecule has 0 unspecified atom stereocenters. The third-order valence-electron chi connectivity index (χ3n) is 2.80. The summed E-state index contributed by atoms with van der Waals surface area (Å²) < 4.78 is 0. The molecule has 0 aliphatic heterocycles. The van der Waals surface area contributed by atoms with E-state index in [0.717, 1.165) is 6.42 Å². The van der Waals surface area contributed by atoms with Gasteiger partial charge in [-0.25, -0.2) is 0 Å². The number of carbonyl (C=O) groups excluding carboxylic acids is 1. The molecule has 101 valence electrons. The van der Waals surface area contributed by atoms with Crippen molar-refractivity contribution in [3.05, 3.63) is 29.1 Å². The Balaban J connectivity index is 2.81. The van der Waals surface area contributed by atoms with Gasteiger partial charge in [0.1, 0.15) is 0 Å². The van der Waals surface area contributed by atoms with Crippen LogP contribution in [0, 0.1) is 5.41 Å². The van der Waals surface area contributed by atoms with Gasteiger partial charge in [-0.05, 0) is 0 Å². The fraction of sp³-hybridized carbons (Fsp3) is 0.625. The number of carbonyl (C=O) groups is 1. The summed E-state index contributed by atoms with van der Waals surface area (Å²) >= 11 is 0. The van der Waals surface area contributed by atoms with Crippen LogP contribution in [-0.2, 0) is 17.6 Å². The monoisotopic (exact) mass is 255 g/mol. The second kappa shape index (κ2) is 6.07. The predicted molar refractivity (Wildman–Crippen MR) is 85.1 cm³/mol. The zero-order valence-corrected chi connectivity index (χ0v) is 13.2. The second-order valence-electron chi connectivity index (χ2n) is 7.66. The van der Waals surface area contributed by atoms with Gasteiger partial charge in [0, 0.05) is 0 Å². The van der Waals surface area contributed by atoms with Crippen LogP contribution in [0.2, 0.25) is 5.31 Å². The van der Waals surface area contributed by atoms with Crippen LogP contribution >= 0.6 is 0 Å². The molecule has 1 heterocycles. The fourth-order valence-electron chi connectivity index (χ4n) is 2.20. The van der Waals surface area contributed by atoms with Crippen LogP contribution in [0.15, 0.2) is 18.1 Å². The Labute approximate surface area is 119 Å². The molecule has 1 aromatic heterocycles. The summed E-state index contributed by atoms with van der Waals surface area (Å²) in [6.07, 6.45) is 1.52. The molecule has 19 heavy (non-hydrogen) atoms. The SMILES string of the molecule is CC(C)(C)[B]C(=O)Cc1cccbc1CC(C)(C)C. The van der Waals surface area contributed by atoms with E-state index in [-0.39, 0.29) is 16.4 Å². The predicted octanol–water partition coefficient (Wildman–Crippen LogP) is 3.61. The van der Waals surface area contributed by atoms with Crippen LogP contribution in [0.25, 0.3) is 0 Å². The van der Waals surface area contributed by atoms with Crippen molar-refractivity contribution in [2.24, 2.45) is 5.41 Å². The Hall–Kier alpha value is -0.850. The van der Waals surface area contributed by atoms with Gasteiger partial charge in [0.15, 0.2) is 0 Å². The topological polar surface area (TPSA) is 17.1 Å². The molecule has 1 rings (SSSR count). The zero-order chi connectivity index (χ0) is 14.7. The molecule has 1 radical (unpaired) electrons. The van der Waals surface area contributed by atoms with E-state index in [0.29, 0.717) is 6.42 Å². The molecule has 0 bridgehead atoms.